The molecule has 0 aliphatic rings. The molecule has 0 saturated carbocycles. The Hall–Kier alpha value is -0.280. The van der Waals surface area contributed by atoms with Gasteiger partial charge in [0.15, 0.2) is 0 Å². The van der Waals surface area contributed by atoms with Crippen LogP contribution >= 0.6 is 27.5 Å². The molecule has 0 amide bonds. The second kappa shape index (κ2) is 3.21. The summed E-state index contributed by atoms with van der Waals surface area (Å²) in [4.78, 5) is 13.1. The molecular weight excluding hydrogens is 217 g/mol. The first kappa shape index (κ1) is 7.82. The molecule has 2 nitrogen and oxygen atoms in total. The van der Waals surface area contributed by atoms with Crippen LogP contribution in [0.5, 0.6) is 0 Å². The quantitative estimate of drug-likeness (QED) is 0.571. The highest BCUT2D eigenvalue weighted by atomic mass is 79.9. The van der Waals surface area contributed by atoms with Crippen molar-refractivity contribution in [3.05, 3.63) is 33.2 Å². The number of rotatable bonds is 1. The summed E-state index contributed by atoms with van der Waals surface area (Å²) in [6, 6.07) is 3.14. The normalized spacial score (nSPS) is 9.80. The molecule has 1 aromatic rings. The van der Waals surface area contributed by atoms with Crippen LogP contribution in [0.15, 0.2) is 16.9 Å². The fraction of sp³-hybridized carbons (Fsp3) is 0.167. The molecule has 0 fully saturated rings. The molecule has 0 atom stereocenters. The highest BCUT2D eigenvalue weighted by Gasteiger charge is 1.96. The third-order valence-electron chi connectivity index (χ3n) is 1.09. The van der Waals surface area contributed by atoms with Gasteiger partial charge in [0.25, 0.3) is 0 Å². The first-order valence-electron chi connectivity index (χ1n) is 2.67. The van der Waals surface area contributed by atoms with E-state index in [4.69, 9.17) is 11.6 Å². The second-order valence-corrected chi connectivity index (χ2v) is 2.73. The van der Waals surface area contributed by atoms with E-state index in [2.05, 4.69) is 20.9 Å². The molecule has 10 heavy (non-hydrogen) atoms. The fourth-order valence-electron chi connectivity index (χ4n) is 0.583. The van der Waals surface area contributed by atoms with Crippen molar-refractivity contribution in [3.8, 4) is 0 Å². The smallest absolute Gasteiger partial charge is 0.249 e. The van der Waals surface area contributed by atoms with Crippen molar-refractivity contribution in [2.75, 3.05) is 0 Å². The third kappa shape index (κ3) is 1.61. The minimum Gasteiger partial charge on any atom is -0.313 e. The van der Waals surface area contributed by atoms with E-state index in [0.717, 1.165) is 5.56 Å². The minimum absolute atomic E-state index is 0.172. The maximum atomic E-state index is 10.6. The van der Waals surface area contributed by atoms with E-state index in [0.29, 0.717) is 10.5 Å². The maximum Gasteiger partial charge on any atom is 0.249 e. The number of H-pyrrole nitrogens is 1. The van der Waals surface area contributed by atoms with Crippen molar-refractivity contribution in [2.45, 2.75) is 5.33 Å². The highest BCUT2D eigenvalue weighted by molar-refractivity contribution is 9.08. The number of halogens is 2. The van der Waals surface area contributed by atoms with E-state index in [-0.39, 0.29) is 5.56 Å². The topological polar surface area (TPSA) is 32.9 Å². The standard InChI is InChI=1S/C6H5BrClNO/c7-3-4-1-2-5(10)9-6(4)8/h1-2H,3H2,(H,9,10). The first-order chi connectivity index (χ1) is 4.74. The van der Waals surface area contributed by atoms with Crippen LogP contribution in [0.1, 0.15) is 5.56 Å². The van der Waals surface area contributed by atoms with Crippen molar-refractivity contribution in [1.82, 2.24) is 4.98 Å². The van der Waals surface area contributed by atoms with E-state index in [1.165, 1.54) is 6.07 Å². The lowest BCUT2D eigenvalue weighted by Gasteiger charge is -1.95. The molecule has 54 valence electrons. The Labute approximate surface area is 71.3 Å². The molecule has 0 saturated heterocycles. The Balaban J connectivity index is 3.19. The number of aromatic amines is 1. The molecule has 4 heteroatoms. The summed E-state index contributed by atoms with van der Waals surface area (Å²) in [5.41, 5.74) is 0.718. The molecule has 0 spiro atoms. The number of hydrogen-bond donors (Lipinski definition) is 1. The zero-order valence-electron chi connectivity index (χ0n) is 5.03. The van der Waals surface area contributed by atoms with Crippen LogP contribution < -0.4 is 5.56 Å². The summed E-state index contributed by atoms with van der Waals surface area (Å²) < 4.78 is 0. The van der Waals surface area contributed by atoms with E-state index >= 15 is 0 Å². The number of nitrogens with one attached hydrogen (secondary N) is 1. The molecule has 0 unspecified atom stereocenters. The van der Waals surface area contributed by atoms with E-state index < -0.39 is 0 Å². The van der Waals surface area contributed by atoms with E-state index in [1.54, 1.807) is 6.07 Å². The monoisotopic (exact) mass is 221 g/mol. The van der Waals surface area contributed by atoms with Crippen molar-refractivity contribution in [1.29, 1.82) is 0 Å². The molecule has 0 aromatic carbocycles. The lowest BCUT2D eigenvalue weighted by molar-refractivity contribution is 1.19. The zero-order valence-corrected chi connectivity index (χ0v) is 7.37. The van der Waals surface area contributed by atoms with E-state index in [9.17, 15) is 4.79 Å². The van der Waals surface area contributed by atoms with Crippen LogP contribution in [0.2, 0.25) is 5.15 Å². The molecule has 1 aromatic heterocycles. The predicted octanol–water partition coefficient (Wildman–Crippen LogP) is 1.92. The second-order valence-electron chi connectivity index (χ2n) is 1.80. The van der Waals surface area contributed by atoms with Gasteiger partial charge in [0, 0.05) is 11.4 Å². The molecule has 0 radical (unpaired) electrons. The average Bonchev–Trinajstić information content (AvgIpc) is 1.88. The Bertz CT molecular complexity index is 283. The van der Waals surface area contributed by atoms with Crippen LogP contribution in [-0.2, 0) is 5.33 Å². The number of pyridine rings is 1. The van der Waals surface area contributed by atoms with Crippen molar-refractivity contribution in [3.63, 3.8) is 0 Å². The summed E-state index contributed by atoms with van der Waals surface area (Å²) in [6.45, 7) is 0. The number of alkyl halides is 1. The van der Waals surface area contributed by atoms with E-state index in [1.807, 2.05) is 0 Å². The van der Waals surface area contributed by atoms with Gasteiger partial charge in [-0.1, -0.05) is 27.5 Å². The summed E-state index contributed by atoms with van der Waals surface area (Å²) in [6.07, 6.45) is 0. The van der Waals surface area contributed by atoms with Gasteiger partial charge in [0.05, 0.1) is 0 Å². The Kier molecular flexibility index (Phi) is 2.51. The molecule has 1 N–H and O–H groups in total. The average molecular weight is 222 g/mol. The Morgan fingerprint density at radius 2 is 2.30 bits per heavy atom. The Morgan fingerprint density at radius 3 is 2.80 bits per heavy atom. The Morgan fingerprint density at radius 1 is 1.60 bits per heavy atom. The molecule has 0 bridgehead atoms. The maximum absolute atomic E-state index is 10.6. The third-order valence-corrected chi connectivity index (χ3v) is 2.04. The highest BCUT2D eigenvalue weighted by Crippen LogP contribution is 2.12. The van der Waals surface area contributed by atoms with Gasteiger partial charge >= 0.3 is 0 Å². The van der Waals surface area contributed by atoms with Crippen LogP contribution in [0.4, 0.5) is 0 Å². The molecule has 1 rings (SSSR count). The minimum atomic E-state index is -0.172. The van der Waals surface area contributed by atoms with Gasteiger partial charge in [0.2, 0.25) is 5.56 Å². The summed E-state index contributed by atoms with van der Waals surface area (Å²) in [5, 5.41) is 1.06. The van der Waals surface area contributed by atoms with Gasteiger partial charge in [-0.05, 0) is 11.6 Å². The molecule has 0 aliphatic carbocycles. The van der Waals surface area contributed by atoms with Crippen molar-refractivity contribution >= 4 is 27.5 Å². The van der Waals surface area contributed by atoms with Crippen molar-refractivity contribution < 1.29 is 0 Å². The van der Waals surface area contributed by atoms with Gasteiger partial charge in [-0.2, -0.15) is 0 Å². The van der Waals surface area contributed by atoms with Gasteiger partial charge < -0.3 is 4.98 Å². The summed E-state index contributed by atoms with van der Waals surface area (Å²) >= 11 is 8.87. The fourth-order valence-corrected chi connectivity index (χ4v) is 1.43. The van der Waals surface area contributed by atoms with Crippen LogP contribution in [0.3, 0.4) is 0 Å². The predicted molar refractivity (Wildman–Crippen MR) is 44.7 cm³/mol. The van der Waals surface area contributed by atoms with Crippen LogP contribution in [-0.4, -0.2) is 4.98 Å². The largest absolute Gasteiger partial charge is 0.313 e. The molecule has 1 heterocycles. The number of hydrogen-bond acceptors (Lipinski definition) is 1. The van der Waals surface area contributed by atoms with Crippen molar-refractivity contribution in [2.24, 2.45) is 0 Å². The first-order valence-corrected chi connectivity index (χ1v) is 4.17. The van der Waals surface area contributed by atoms with Gasteiger partial charge in [-0.15, -0.1) is 0 Å². The number of aromatic nitrogens is 1. The zero-order chi connectivity index (χ0) is 7.56. The summed E-state index contributed by atoms with van der Waals surface area (Å²) in [5.74, 6) is 0. The summed E-state index contributed by atoms with van der Waals surface area (Å²) in [7, 11) is 0. The van der Waals surface area contributed by atoms with Gasteiger partial charge in [-0.3, -0.25) is 4.79 Å². The van der Waals surface area contributed by atoms with Crippen LogP contribution in [0.25, 0.3) is 0 Å². The lowest BCUT2D eigenvalue weighted by atomic mass is 10.3. The SMILES string of the molecule is O=c1ccc(CBr)c(Cl)[nH]1. The van der Waals surface area contributed by atoms with Crippen LogP contribution in [0, 0.1) is 0 Å². The molecule has 0 aliphatic heterocycles. The lowest BCUT2D eigenvalue weighted by Crippen LogP contribution is -2.03. The van der Waals surface area contributed by atoms with Gasteiger partial charge in [-0.25, -0.2) is 0 Å². The van der Waals surface area contributed by atoms with Gasteiger partial charge in [0.1, 0.15) is 5.15 Å². The molecular formula is C6H5BrClNO.